The topological polar surface area (TPSA) is 109 Å². The number of hydrogen-bond acceptors (Lipinski definition) is 5. The van der Waals surface area contributed by atoms with E-state index < -0.39 is 25.9 Å². The Morgan fingerprint density at radius 2 is 1.96 bits per heavy atom. The van der Waals surface area contributed by atoms with Crippen LogP contribution in [0.25, 0.3) is 0 Å². The molecule has 0 radical (unpaired) electrons. The fourth-order valence-corrected chi connectivity index (χ4v) is 5.06. The number of sulfonamides is 1. The van der Waals surface area contributed by atoms with Gasteiger partial charge in [0.05, 0.1) is 16.7 Å². The first-order valence-electron chi connectivity index (χ1n) is 8.01. The molecule has 0 saturated heterocycles. The first-order chi connectivity index (χ1) is 11.7. The maximum absolute atomic E-state index is 12.4. The second kappa shape index (κ2) is 7.67. The Morgan fingerprint density at radius 3 is 2.52 bits per heavy atom. The molecule has 9 heteroatoms. The molecule has 1 aromatic rings. The summed E-state index contributed by atoms with van der Waals surface area (Å²) in [6.07, 6.45) is 2.87. The van der Waals surface area contributed by atoms with E-state index in [4.69, 9.17) is 0 Å². The molecule has 1 aromatic carbocycles. The molecule has 0 saturated carbocycles. The Morgan fingerprint density at radius 1 is 1.28 bits per heavy atom. The van der Waals surface area contributed by atoms with E-state index in [0.29, 0.717) is 0 Å². The molecule has 0 unspecified atom stereocenters. The van der Waals surface area contributed by atoms with Gasteiger partial charge >= 0.3 is 0 Å². The number of rotatable bonds is 7. The minimum atomic E-state index is -3.94. The number of amides is 1. The van der Waals surface area contributed by atoms with Crippen LogP contribution in [-0.2, 0) is 19.9 Å². The van der Waals surface area contributed by atoms with Crippen molar-refractivity contribution in [2.75, 3.05) is 5.75 Å². The molecule has 0 fully saturated rings. The molecule has 2 rings (SSSR count). The predicted molar refractivity (Wildman–Crippen MR) is 95.3 cm³/mol. The highest BCUT2D eigenvalue weighted by Crippen LogP contribution is 2.15. The number of hydrogen-bond donors (Lipinski definition) is 2. The average molecular weight is 386 g/mol. The van der Waals surface area contributed by atoms with Crippen molar-refractivity contribution < 1.29 is 21.6 Å². The minimum absolute atomic E-state index is 0.0275. The van der Waals surface area contributed by atoms with E-state index in [1.54, 1.807) is 0 Å². The van der Waals surface area contributed by atoms with Gasteiger partial charge in [-0.25, -0.2) is 21.6 Å². The second-order valence-corrected chi connectivity index (χ2v) is 9.55. The van der Waals surface area contributed by atoms with Gasteiger partial charge in [-0.05, 0) is 31.0 Å². The van der Waals surface area contributed by atoms with E-state index in [1.807, 2.05) is 13.8 Å². The molecule has 0 spiro atoms. The van der Waals surface area contributed by atoms with E-state index in [0.717, 1.165) is 18.2 Å². The third kappa shape index (κ3) is 5.13. The standard InChI is InChI=1S/C16H22N2O5S2/c1-3-13(4-2)17-16(19)12-6-5-7-15(10-12)25(22,23)18-14-8-9-24(20,21)11-14/h5-10,13-14,18H,3-4,11H2,1-2H3,(H,17,19)/t14-/m0/s1. The molecule has 1 aliphatic heterocycles. The van der Waals surface area contributed by atoms with Crippen LogP contribution in [0.3, 0.4) is 0 Å². The zero-order valence-electron chi connectivity index (χ0n) is 14.1. The number of benzene rings is 1. The highest BCUT2D eigenvalue weighted by atomic mass is 32.2. The van der Waals surface area contributed by atoms with Gasteiger partial charge in [-0.3, -0.25) is 4.79 Å². The van der Waals surface area contributed by atoms with Gasteiger partial charge < -0.3 is 5.32 Å². The Labute approximate surface area is 148 Å². The monoisotopic (exact) mass is 386 g/mol. The Kier molecular flexibility index (Phi) is 6.02. The van der Waals surface area contributed by atoms with Crippen LogP contribution in [0.2, 0.25) is 0 Å². The first kappa shape index (κ1) is 19.6. The minimum Gasteiger partial charge on any atom is -0.349 e. The number of carbonyl (C=O) groups excluding carboxylic acids is 1. The van der Waals surface area contributed by atoms with Crippen LogP contribution in [0.4, 0.5) is 0 Å². The smallest absolute Gasteiger partial charge is 0.251 e. The maximum Gasteiger partial charge on any atom is 0.251 e. The summed E-state index contributed by atoms with van der Waals surface area (Å²) in [5.74, 6) is -0.643. The van der Waals surface area contributed by atoms with E-state index in [2.05, 4.69) is 10.0 Å². The lowest BCUT2D eigenvalue weighted by Gasteiger charge is -2.15. The van der Waals surface area contributed by atoms with Crippen LogP contribution < -0.4 is 10.0 Å². The van der Waals surface area contributed by atoms with Crippen LogP contribution in [0.15, 0.2) is 40.6 Å². The summed E-state index contributed by atoms with van der Waals surface area (Å²) in [5.41, 5.74) is 0.240. The van der Waals surface area contributed by atoms with Gasteiger partial charge in [-0.15, -0.1) is 0 Å². The highest BCUT2D eigenvalue weighted by molar-refractivity contribution is 7.94. The largest absolute Gasteiger partial charge is 0.349 e. The lowest BCUT2D eigenvalue weighted by molar-refractivity contribution is 0.0934. The zero-order chi connectivity index (χ0) is 18.7. The van der Waals surface area contributed by atoms with Crippen LogP contribution in [-0.4, -0.2) is 40.6 Å². The quantitative estimate of drug-likeness (QED) is 0.732. The summed E-state index contributed by atoms with van der Waals surface area (Å²) in [6, 6.07) is 4.89. The third-order valence-corrected chi connectivity index (χ3v) is 6.85. The van der Waals surface area contributed by atoms with Crippen molar-refractivity contribution >= 4 is 25.8 Å². The summed E-state index contributed by atoms with van der Waals surface area (Å²) in [5, 5.41) is 3.85. The van der Waals surface area contributed by atoms with Gasteiger partial charge in [-0.2, -0.15) is 0 Å². The van der Waals surface area contributed by atoms with Crippen molar-refractivity contribution in [3.8, 4) is 0 Å². The van der Waals surface area contributed by atoms with E-state index in [-0.39, 0.29) is 28.2 Å². The molecule has 1 amide bonds. The highest BCUT2D eigenvalue weighted by Gasteiger charge is 2.27. The van der Waals surface area contributed by atoms with Crippen molar-refractivity contribution in [3.05, 3.63) is 41.3 Å². The maximum atomic E-state index is 12.4. The summed E-state index contributed by atoms with van der Waals surface area (Å²) in [6.45, 7) is 3.92. The van der Waals surface area contributed by atoms with Gasteiger partial charge in [0.2, 0.25) is 10.0 Å². The third-order valence-electron chi connectivity index (χ3n) is 3.96. The van der Waals surface area contributed by atoms with E-state index in [9.17, 15) is 21.6 Å². The van der Waals surface area contributed by atoms with Gasteiger partial charge in [0.1, 0.15) is 0 Å². The molecule has 25 heavy (non-hydrogen) atoms. The van der Waals surface area contributed by atoms with E-state index >= 15 is 0 Å². The lowest BCUT2D eigenvalue weighted by atomic mass is 10.1. The predicted octanol–water partition coefficient (Wildman–Crippen LogP) is 1.19. The number of carbonyl (C=O) groups is 1. The normalized spacial score (nSPS) is 19.2. The fourth-order valence-electron chi connectivity index (χ4n) is 2.48. The molecule has 7 nitrogen and oxygen atoms in total. The van der Waals surface area contributed by atoms with Gasteiger partial charge in [-0.1, -0.05) is 26.0 Å². The number of sulfone groups is 1. The first-order valence-corrected chi connectivity index (χ1v) is 11.2. The SMILES string of the molecule is CCC(CC)NC(=O)c1cccc(S(=O)(=O)N[C@H]2C=CS(=O)(=O)C2)c1. The summed E-state index contributed by atoms with van der Waals surface area (Å²) in [7, 11) is -7.30. The molecule has 0 aliphatic carbocycles. The molecule has 0 bridgehead atoms. The Hall–Kier alpha value is -1.71. The van der Waals surface area contributed by atoms with Crippen LogP contribution >= 0.6 is 0 Å². The summed E-state index contributed by atoms with van der Waals surface area (Å²) >= 11 is 0. The van der Waals surface area contributed by atoms with Crippen LogP contribution in [0.5, 0.6) is 0 Å². The van der Waals surface area contributed by atoms with Gasteiger partial charge in [0.25, 0.3) is 5.91 Å². The molecular weight excluding hydrogens is 364 g/mol. The van der Waals surface area contributed by atoms with Crippen LogP contribution in [0, 0.1) is 0 Å². The number of nitrogens with one attached hydrogen (secondary N) is 2. The van der Waals surface area contributed by atoms with Crippen LogP contribution in [0.1, 0.15) is 37.0 Å². The zero-order valence-corrected chi connectivity index (χ0v) is 15.7. The van der Waals surface area contributed by atoms with Crippen molar-refractivity contribution in [2.45, 2.75) is 43.7 Å². The van der Waals surface area contributed by atoms with E-state index in [1.165, 1.54) is 30.3 Å². The summed E-state index contributed by atoms with van der Waals surface area (Å²) in [4.78, 5) is 12.2. The molecular formula is C16H22N2O5S2. The Bertz CT molecular complexity index is 872. The van der Waals surface area contributed by atoms with Crippen molar-refractivity contribution in [1.82, 2.24) is 10.0 Å². The summed E-state index contributed by atoms with van der Waals surface area (Å²) < 4.78 is 50.0. The van der Waals surface area contributed by atoms with Crippen molar-refractivity contribution in [1.29, 1.82) is 0 Å². The molecule has 138 valence electrons. The lowest BCUT2D eigenvalue weighted by Crippen LogP contribution is -2.36. The molecule has 1 aliphatic rings. The Balaban J connectivity index is 2.17. The second-order valence-electron chi connectivity index (χ2n) is 5.90. The van der Waals surface area contributed by atoms with Gasteiger partial charge in [0, 0.05) is 17.0 Å². The fraction of sp³-hybridized carbons (Fsp3) is 0.438. The molecule has 2 N–H and O–H groups in total. The van der Waals surface area contributed by atoms with Crippen molar-refractivity contribution in [3.63, 3.8) is 0 Å². The average Bonchev–Trinajstić information content (AvgIpc) is 2.90. The molecule has 1 heterocycles. The molecule has 1 atom stereocenters. The van der Waals surface area contributed by atoms with Gasteiger partial charge in [0.15, 0.2) is 9.84 Å². The molecule has 0 aromatic heterocycles. The van der Waals surface area contributed by atoms with Crippen molar-refractivity contribution in [2.24, 2.45) is 0 Å².